The zero-order valence-electron chi connectivity index (χ0n) is 12.5. The molecule has 1 fully saturated rings. The van der Waals surface area contributed by atoms with E-state index in [9.17, 15) is 4.79 Å². The fourth-order valence-corrected chi connectivity index (χ4v) is 2.73. The third kappa shape index (κ3) is 4.22. The van der Waals surface area contributed by atoms with Gasteiger partial charge in [0.2, 0.25) is 0 Å². The maximum atomic E-state index is 12.3. The SMILES string of the molecule is CCNc1cccc(C(=O)NC2CCCC(C)CC2)n1. The van der Waals surface area contributed by atoms with Gasteiger partial charge in [0.05, 0.1) is 0 Å². The first-order chi connectivity index (χ1) is 9.69. The van der Waals surface area contributed by atoms with Gasteiger partial charge in [0.1, 0.15) is 11.5 Å². The first-order valence-corrected chi connectivity index (χ1v) is 7.71. The summed E-state index contributed by atoms with van der Waals surface area (Å²) < 4.78 is 0. The van der Waals surface area contributed by atoms with Crippen LogP contribution in [-0.2, 0) is 0 Å². The molecule has 1 aliphatic rings. The molecule has 1 aromatic heterocycles. The number of nitrogens with one attached hydrogen (secondary N) is 2. The molecular weight excluding hydrogens is 250 g/mol. The maximum Gasteiger partial charge on any atom is 0.270 e. The standard InChI is InChI=1S/C16H25N3O/c1-3-17-15-9-5-8-14(19-15)16(20)18-13-7-4-6-12(2)10-11-13/h5,8-9,12-13H,3-4,6-7,10-11H2,1-2H3,(H,17,19)(H,18,20). The Labute approximate surface area is 121 Å². The van der Waals surface area contributed by atoms with E-state index in [2.05, 4.69) is 22.5 Å². The molecule has 110 valence electrons. The molecule has 0 saturated heterocycles. The van der Waals surface area contributed by atoms with Gasteiger partial charge in [-0.2, -0.15) is 0 Å². The van der Waals surface area contributed by atoms with Gasteiger partial charge in [-0.15, -0.1) is 0 Å². The topological polar surface area (TPSA) is 54.0 Å². The lowest BCUT2D eigenvalue weighted by atomic mass is 10.0. The lowest BCUT2D eigenvalue weighted by Crippen LogP contribution is -2.35. The van der Waals surface area contributed by atoms with E-state index in [1.165, 1.54) is 19.3 Å². The largest absolute Gasteiger partial charge is 0.370 e. The second-order valence-electron chi connectivity index (χ2n) is 5.72. The van der Waals surface area contributed by atoms with E-state index in [4.69, 9.17) is 0 Å². The summed E-state index contributed by atoms with van der Waals surface area (Å²) in [7, 11) is 0. The molecule has 2 N–H and O–H groups in total. The Morgan fingerprint density at radius 3 is 2.95 bits per heavy atom. The number of rotatable bonds is 4. The van der Waals surface area contributed by atoms with Crippen molar-refractivity contribution in [2.45, 2.75) is 52.0 Å². The van der Waals surface area contributed by atoms with Crippen LogP contribution < -0.4 is 10.6 Å². The average molecular weight is 275 g/mol. The van der Waals surface area contributed by atoms with E-state index in [0.717, 1.165) is 31.1 Å². The first kappa shape index (κ1) is 14.8. The average Bonchev–Trinajstić information content (AvgIpc) is 2.64. The van der Waals surface area contributed by atoms with Gasteiger partial charge in [0.25, 0.3) is 5.91 Å². The molecule has 0 radical (unpaired) electrons. The lowest BCUT2D eigenvalue weighted by Gasteiger charge is -2.16. The summed E-state index contributed by atoms with van der Waals surface area (Å²) in [4.78, 5) is 16.6. The molecule has 0 spiro atoms. The second kappa shape index (κ2) is 7.27. The van der Waals surface area contributed by atoms with Crippen LogP contribution >= 0.6 is 0 Å². The minimum Gasteiger partial charge on any atom is -0.370 e. The van der Waals surface area contributed by atoms with Crippen LogP contribution in [0.4, 0.5) is 5.82 Å². The maximum absolute atomic E-state index is 12.3. The highest BCUT2D eigenvalue weighted by atomic mass is 16.1. The highest BCUT2D eigenvalue weighted by Gasteiger charge is 2.19. The molecule has 4 nitrogen and oxygen atoms in total. The summed E-state index contributed by atoms with van der Waals surface area (Å²) in [5.74, 6) is 1.49. The van der Waals surface area contributed by atoms with E-state index >= 15 is 0 Å². The summed E-state index contributed by atoms with van der Waals surface area (Å²) >= 11 is 0. The number of pyridine rings is 1. The Morgan fingerprint density at radius 1 is 1.30 bits per heavy atom. The van der Waals surface area contributed by atoms with E-state index in [1.54, 1.807) is 6.07 Å². The van der Waals surface area contributed by atoms with Gasteiger partial charge in [0, 0.05) is 12.6 Å². The third-order valence-corrected chi connectivity index (χ3v) is 3.93. The molecule has 2 unspecified atom stereocenters. The van der Waals surface area contributed by atoms with E-state index in [-0.39, 0.29) is 5.91 Å². The van der Waals surface area contributed by atoms with Crippen LogP contribution in [0.25, 0.3) is 0 Å². The van der Waals surface area contributed by atoms with Crippen molar-refractivity contribution in [3.05, 3.63) is 23.9 Å². The van der Waals surface area contributed by atoms with Crippen molar-refractivity contribution in [2.24, 2.45) is 5.92 Å². The highest BCUT2D eigenvalue weighted by Crippen LogP contribution is 2.22. The smallest absolute Gasteiger partial charge is 0.270 e. The number of carbonyl (C=O) groups is 1. The van der Waals surface area contributed by atoms with Crippen LogP contribution in [-0.4, -0.2) is 23.5 Å². The van der Waals surface area contributed by atoms with Crippen molar-refractivity contribution in [3.8, 4) is 0 Å². The number of hydrogen-bond donors (Lipinski definition) is 2. The van der Waals surface area contributed by atoms with Crippen LogP contribution in [0.15, 0.2) is 18.2 Å². The van der Waals surface area contributed by atoms with Gasteiger partial charge in [0.15, 0.2) is 0 Å². The molecule has 1 heterocycles. The zero-order valence-corrected chi connectivity index (χ0v) is 12.5. The number of hydrogen-bond acceptors (Lipinski definition) is 3. The molecule has 1 aromatic rings. The minimum absolute atomic E-state index is 0.0516. The number of anilines is 1. The van der Waals surface area contributed by atoms with Gasteiger partial charge in [-0.05, 0) is 44.2 Å². The molecule has 1 amide bonds. The summed E-state index contributed by atoms with van der Waals surface area (Å²) in [5, 5.41) is 6.27. The molecule has 0 bridgehead atoms. The Kier molecular flexibility index (Phi) is 5.39. The van der Waals surface area contributed by atoms with Gasteiger partial charge in [-0.25, -0.2) is 4.98 Å². The Bertz CT molecular complexity index is 447. The fourth-order valence-electron chi connectivity index (χ4n) is 2.73. The fraction of sp³-hybridized carbons (Fsp3) is 0.625. The molecular formula is C16H25N3O. The monoisotopic (exact) mass is 275 g/mol. The van der Waals surface area contributed by atoms with Crippen molar-refractivity contribution in [2.75, 3.05) is 11.9 Å². The molecule has 0 aliphatic heterocycles. The first-order valence-electron chi connectivity index (χ1n) is 7.71. The van der Waals surface area contributed by atoms with Crippen LogP contribution in [0.3, 0.4) is 0 Å². The zero-order chi connectivity index (χ0) is 14.4. The van der Waals surface area contributed by atoms with E-state index in [1.807, 2.05) is 19.1 Å². The van der Waals surface area contributed by atoms with Crippen LogP contribution in [0.2, 0.25) is 0 Å². The van der Waals surface area contributed by atoms with Crippen molar-refractivity contribution in [1.29, 1.82) is 0 Å². The normalized spacial score (nSPS) is 22.9. The van der Waals surface area contributed by atoms with Gasteiger partial charge in [-0.1, -0.05) is 25.8 Å². The Hall–Kier alpha value is -1.58. The van der Waals surface area contributed by atoms with Gasteiger partial charge >= 0.3 is 0 Å². The second-order valence-corrected chi connectivity index (χ2v) is 5.72. The summed E-state index contributed by atoms with van der Waals surface area (Å²) in [6.45, 7) is 5.12. The summed E-state index contributed by atoms with van der Waals surface area (Å²) in [5.41, 5.74) is 0.501. The van der Waals surface area contributed by atoms with Crippen molar-refractivity contribution in [1.82, 2.24) is 10.3 Å². The molecule has 1 aliphatic carbocycles. The number of carbonyl (C=O) groups excluding carboxylic acids is 1. The van der Waals surface area contributed by atoms with Crippen molar-refractivity contribution < 1.29 is 4.79 Å². The number of nitrogens with zero attached hydrogens (tertiary/aromatic N) is 1. The van der Waals surface area contributed by atoms with Crippen molar-refractivity contribution in [3.63, 3.8) is 0 Å². The number of aromatic nitrogens is 1. The minimum atomic E-state index is -0.0516. The molecule has 4 heteroatoms. The summed E-state index contributed by atoms with van der Waals surface area (Å²) in [6.07, 6.45) is 5.86. The molecule has 2 atom stereocenters. The van der Waals surface area contributed by atoms with Gasteiger partial charge < -0.3 is 10.6 Å². The van der Waals surface area contributed by atoms with Gasteiger partial charge in [-0.3, -0.25) is 4.79 Å². The molecule has 20 heavy (non-hydrogen) atoms. The van der Waals surface area contributed by atoms with Crippen molar-refractivity contribution >= 4 is 11.7 Å². The highest BCUT2D eigenvalue weighted by molar-refractivity contribution is 5.92. The molecule has 1 saturated carbocycles. The van der Waals surface area contributed by atoms with E-state index < -0.39 is 0 Å². The predicted octanol–water partition coefficient (Wildman–Crippen LogP) is 3.21. The Morgan fingerprint density at radius 2 is 2.15 bits per heavy atom. The quantitative estimate of drug-likeness (QED) is 0.830. The van der Waals surface area contributed by atoms with E-state index in [0.29, 0.717) is 11.7 Å². The van der Waals surface area contributed by atoms with Crippen LogP contribution in [0, 0.1) is 5.92 Å². The Balaban J connectivity index is 1.95. The predicted molar refractivity (Wildman–Crippen MR) is 81.9 cm³/mol. The number of amides is 1. The van der Waals surface area contributed by atoms with Crippen LogP contribution in [0.1, 0.15) is 56.4 Å². The lowest BCUT2D eigenvalue weighted by molar-refractivity contribution is 0.0928. The summed E-state index contributed by atoms with van der Waals surface area (Å²) in [6, 6.07) is 5.83. The molecule has 0 aromatic carbocycles. The third-order valence-electron chi connectivity index (χ3n) is 3.93. The van der Waals surface area contributed by atoms with Crippen LogP contribution in [0.5, 0.6) is 0 Å². The molecule has 2 rings (SSSR count).